The molecule has 0 bridgehead atoms. The molecule has 4 aromatic carbocycles. The normalized spacial score (nSPS) is 23.4. The average molecular weight is 1170 g/mol. The van der Waals surface area contributed by atoms with Crippen molar-refractivity contribution in [3.63, 3.8) is 0 Å². The molecule has 2 N–H and O–H groups in total. The second kappa shape index (κ2) is 23.1. The fourth-order valence-electron chi connectivity index (χ4n) is 9.53. The van der Waals surface area contributed by atoms with E-state index >= 15 is 0 Å². The number of amides is 2. The molecule has 2 amide bonds. The first-order chi connectivity index (χ1) is 35.4. The van der Waals surface area contributed by atoms with Crippen LogP contribution in [0.15, 0.2) is 84.9 Å². The Labute approximate surface area is 461 Å². The number of carbonyl (C=O) groups is 4. The molecule has 2 saturated heterocycles. The third kappa shape index (κ3) is 13.5. The first-order valence-electron chi connectivity index (χ1n) is 24.6. The van der Waals surface area contributed by atoms with E-state index in [0.717, 1.165) is 25.7 Å². The van der Waals surface area contributed by atoms with Crippen LogP contribution in [0.2, 0.25) is 20.1 Å². The van der Waals surface area contributed by atoms with E-state index in [1.165, 1.54) is 46.2 Å². The molecule has 2 aliphatic heterocycles. The van der Waals surface area contributed by atoms with Crippen molar-refractivity contribution in [3.8, 4) is 0 Å². The van der Waals surface area contributed by atoms with Gasteiger partial charge in [0.1, 0.15) is 36.1 Å². The lowest BCUT2D eigenvalue weighted by Gasteiger charge is -2.48. The Balaban J connectivity index is 0.000000221. The van der Waals surface area contributed by atoms with Crippen LogP contribution in [0.3, 0.4) is 0 Å². The maximum atomic E-state index is 14.1. The zero-order valence-electron chi connectivity index (χ0n) is 42.5. The number of carboxylic acid groups (broad SMARTS) is 2. The molecular weight excluding hydrogens is 1110 g/mol. The Morgan fingerprint density at radius 1 is 0.566 bits per heavy atom. The Morgan fingerprint density at radius 3 is 1.13 bits per heavy atom. The standard InChI is InChI=1S/2C27H30Cl2FNO6S/c2*1-27(2,3)38(35,36)14-21(15-4-5-15)31-24(16-6-9-18(28)10-7-16)25(17-8-11-20(30)19(29)12-17)37-22(26(31)34)13-23(32)33/h2*6-12,15,21-22,24-25H,4-5,13-14H2,1-3H3,(H,32,33)/t21-,22+,24-,25-;21-,22-,24-,25-/m11/s1. The topological polar surface area (TPSA) is 202 Å². The van der Waals surface area contributed by atoms with E-state index < -0.39 is 126 Å². The maximum absolute atomic E-state index is 14.1. The molecule has 2 aliphatic carbocycles. The maximum Gasteiger partial charge on any atom is 0.306 e. The van der Waals surface area contributed by atoms with Gasteiger partial charge >= 0.3 is 11.9 Å². The zero-order chi connectivity index (χ0) is 56.0. The lowest BCUT2D eigenvalue weighted by Crippen LogP contribution is -2.58. The fourth-order valence-corrected chi connectivity index (χ4v) is 12.9. The van der Waals surface area contributed by atoms with Gasteiger partial charge in [0, 0.05) is 22.1 Å². The van der Waals surface area contributed by atoms with Gasteiger partial charge in [0.2, 0.25) is 0 Å². The van der Waals surface area contributed by atoms with Gasteiger partial charge in [0.25, 0.3) is 11.8 Å². The van der Waals surface area contributed by atoms with Crippen LogP contribution in [-0.4, -0.2) is 106 Å². The van der Waals surface area contributed by atoms with Crippen LogP contribution in [0.4, 0.5) is 8.78 Å². The summed E-state index contributed by atoms with van der Waals surface area (Å²) in [6, 6.07) is 18.4. The summed E-state index contributed by atoms with van der Waals surface area (Å²) in [6.45, 7) is 9.67. The Kier molecular flexibility index (Phi) is 18.0. The van der Waals surface area contributed by atoms with E-state index in [9.17, 15) is 55.0 Å². The molecule has 8 atom stereocenters. The van der Waals surface area contributed by atoms with Crippen molar-refractivity contribution >= 4 is 89.8 Å². The summed E-state index contributed by atoms with van der Waals surface area (Å²) < 4.78 is 91.8. The summed E-state index contributed by atoms with van der Waals surface area (Å²) in [6.07, 6.45) is -2.93. The minimum absolute atomic E-state index is 0.0769. The lowest BCUT2D eigenvalue weighted by molar-refractivity contribution is -0.183. The van der Waals surface area contributed by atoms with E-state index in [-0.39, 0.29) is 33.4 Å². The van der Waals surface area contributed by atoms with Gasteiger partial charge in [-0.1, -0.05) is 82.8 Å². The predicted molar refractivity (Wildman–Crippen MR) is 285 cm³/mol. The second-order valence-electron chi connectivity index (χ2n) is 21.7. The molecule has 8 rings (SSSR count). The van der Waals surface area contributed by atoms with Gasteiger partial charge in [-0.3, -0.25) is 19.2 Å². The van der Waals surface area contributed by atoms with Gasteiger partial charge in [0.15, 0.2) is 19.7 Å². The summed E-state index contributed by atoms with van der Waals surface area (Å²) in [7, 11) is -7.33. The molecule has 4 aromatic rings. The third-order valence-electron chi connectivity index (χ3n) is 14.2. The van der Waals surface area contributed by atoms with Crippen molar-refractivity contribution in [2.24, 2.45) is 11.8 Å². The zero-order valence-corrected chi connectivity index (χ0v) is 47.1. The highest BCUT2D eigenvalue weighted by molar-refractivity contribution is 7.93. The van der Waals surface area contributed by atoms with E-state index in [4.69, 9.17) is 55.9 Å². The molecule has 0 radical (unpaired) electrons. The molecule has 2 saturated carbocycles. The van der Waals surface area contributed by atoms with E-state index in [0.29, 0.717) is 32.3 Å². The highest BCUT2D eigenvalue weighted by Gasteiger charge is 2.54. The summed E-state index contributed by atoms with van der Waals surface area (Å²) >= 11 is 24.4. The quantitative estimate of drug-likeness (QED) is 0.108. The van der Waals surface area contributed by atoms with Gasteiger partial charge in [-0.25, -0.2) is 25.6 Å². The minimum atomic E-state index is -3.66. The number of hydrogen-bond donors (Lipinski definition) is 2. The van der Waals surface area contributed by atoms with Gasteiger partial charge in [-0.15, -0.1) is 0 Å². The number of nitrogens with zero attached hydrogens (tertiary/aromatic N) is 2. The minimum Gasteiger partial charge on any atom is -0.481 e. The summed E-state index contributed by atoms with van der Waals surface area (Å²) in [5, 5.41) is 19.7. The fraction of sp³-hybridized carbons (Fsp3) is 0.481. The summed E-state index contributed by atoms with van der Waals surface area (Å²) in [5.41, 5.74) is 2.08. The van der Waals surface area contributed by atoms with Crippen LogP contribution in [-0.2, 0) is 48.3 Å². The Morgan fingerprint density at radius 2 is 0.868 bits per heavy atom. The number of hydrogen-bond acceptors (Lipinski definition) is 10. The van der Waals surface area contributed by atoms with Crippen LogP contribution in [0.1, 0.15) is 127 Å². The van der Waals surface area contributed by atoms with Crippen LogP contribution in [0.25, 0.3) is 0 Å². The molecule has 2 heterocycles. The number of carboxylic acids is 2. The van der Waals surface area contributed by atoms with Gasteiger partial charge in [0.05, 0.1) is 56.0 Å². The van der Waals surface area contributed by atoms with Crippen LogP contribution in [0.5, 0.6) is 0 Å². The highest BCUT2D eigenvalue weighted by atomic mass is 35.5. The van der Waals surface area contributed by atoms with Crippen molar-refractivity contribution in [3.05, 3.63) is 139 Å². The number of carbonyl (C=O) groups excluding carboxylic acids is 2. The largest absolute Gasteiger partial charge is 0.481 e. The average Bonchev–Trinajstić information content (AvgIpc) is 4.26. The molecule has 0 aromatic heterocycles. The van der Waals surface area contributed by atoms with Crippen molar-refractivity contribution in [1.82, 2.24) is 9.80 Å². The number of halogens is 6. The molecule has 22 heteroatoms. The van der Waals surface area contributed by atoms with Crippen molar-refractivity contribution in [1.29, 1.82) is 0 Å². The van der Waals surface area contributed by atoms with E-state index in [1.54, 1.807) is 90.1 Å². The molecule has 14 nitrogen and oxygen atoms in total. The van der Waals surface area contributed by atoms with Crippen LogP contribution in [0, 0.1) is 23.5 Å². The van der Waals surface area contributed by atoms with Gasteiger partial charge in [-0.05, 0) is 150 Å². The van der Waals surface area contributed by atoms with Crippen molar-refractivity contribution in [2.75, 3.05) is 11.5 Å². The highest BCUT2D eigenvalue weighted by Crippen LogP contribution is 2.51. The number of rotatable bonds is 16. The molecular formula is C54H60Cl4F2N2O12S2. The van der Waals surface area contributed by atoms with Crippen LogP contribution < -0.4 is 0 Å². The first kappa shape index (κ1) is 59.3. The van der Waals surface area contributed by atoms with Gasteiger partial charge in [-0.2, -0.15) is 0 Å². The SMILES string of the molecule is CC(C)(C)S(=O)(=O)C[C@H](C1CC1)N1C(=O)[C@@H](CC(=O)O)O[C@H](c2ccc(F)c(Cl)c2)[C@H]1c1ccc(Cl)cc1.CC(C)(C)S(=O)(=O)C[C@H](C1CC1)N1C(=O)[C@H](CC(=O)O)O[C@H](c2ccc(F)c(Cl)c2)[C@H]1c1ccc(Cl)cc1. The number of aliphatic carboxylic acids is 2. The number of benzene rings is 4. The van der Waals surface area contributed by atoms with Gasteiger partial charge < -0.3 is 29.5 Å². The van der Waals surface area contributed by atoms with E-state index in [2.05, 4.69) is 0 Å². The summed E-state index contributed by atoms with van der Waals surface area (Å²) in [5.74, 6) is -5.69. The molecule has 4 aliphatic rings. The lowest BCUT2D eigenvalue weighted by atomic mass is 9.89. The predicted octanol–water partition coefficient (Wildman–Crippen LogP) is 11.2. The smallest absolute Gasteiger partial charge is 0.306 e. The Bertz CT molecular complexity index is 2850. The summed E-state index contributed by atoms with van der Waals surface area (Å²) in [4.78, 5) is 54.3. The molecule has 412 valence electrons. The molecule has 4 fully saturated rings. The van der Waals surface area contributed by atoms with Crippen LogP contribution >= 0.6 is 46.4 Å². The second-order valence-corrected chi connectivity index (χ2v) is 29.0. The molecule has 0 spiro atoms. The third-order valence-corrected chi connectivity index (χ3v) is 20.6. The number of sulfone groups is 2. The number of morpholine rings is 2. The molecule has 76 heavy (non-hydrogen) atoms. The monoisotopic (exact) mass is 1170 g/mol. The first-order valence-corrected chi connectivity index (χ1v) is 29.4. The van der Waals surface area contributed by atoms with Crippen molar-refractivity contribution in [2.45, 2.75) is 138 Å². The van der Waals surface area contributed by atoms with E-state index in [1.807, 2.05) is 0 Å². The van der Waals surface area contributed by atoms with Crippen molar-refractivity contribution < 1.29 is 64.5 Å². The Hall–Kier alpha value is -4.40. The number of ether oxygens (including phenoxy) is 2. The molecule has 0 unspecified atom stereocenters.